The smallest absolute Gasteiger partial charge is 0.313 e. The van der Waals surface area contributed by atoms with Crippen LogP contribution in [-0.4, -0.2) is 21.0 Å². The van der Waals surface area contributed by atoms with Crippen LogP contribution < -0.4 is 5.32 Å². The molecule has 2 heterocycles. The number of dihydropyridines is 1. The van der Waals surface area contributed by atoms with Crippen molar-refractivity contribution in [1.29, 1.82) is 0 Å². The summed E-state index contributed by atoms with van der Waals surface area (Å²) in [6, 6.07) is 14.6. The van der Waals surface area contributed by atoms with Crippen molar-refractivity contribution in [3.8, 4) is 0 Å². The lowest BCUT2D eigenvalue weighted by molar-refractivity contribution is 0.0192. The number of aromatic nitrogens is 1. The molecular formula is C16H14N4O2. The van der Waals surface area contributed by atoms with Crippen LogP contribution in [0.5, 0.6) is 0 Å². The molecule has 6 nitrogen and oxygen atoms in total. The minimum Gasteiger partial charge on any atom is -0.506 e. The number of rotatable bonds is 3. The Labute approximate surface area is 127 Å². The van der Waals surface area contributed by atoms with E-state index in [1.54, 1.807) is 30.5 Å². The van der Waals surface area contributed by atoms with E-state index in [4.69, 9.17) is 0 Å². The van der Waals surface area contributed by atoms with Gasteiger partial charge in [-0.25, -0.2) is 4.98 Å². The van der Waals surface area contributed by atoms with Crippen molar-refractivity contribution in [3.63, 3.8) is 0 Å². The molecular weight excluding hydrogens is 280 g/mol. The van der Waals surface area contributed by atoms with Crippen molar-refractivity contribution in [3.05, 3.63) is 78.2 Å². The Bertz CT molecular complexity index is 741. The lowest BCUT2D eigenvalue weighted by Crippen LogP contribution is -2.45. The molecule has 0 aliphatic carbocycles. The van der Waals surface area contributed by atoms with Gasteiger partial charge < -0.3 is 15.5 Å². The molecule has 3 N–H and O–H groups in total. The minimum absolute atomic E-state index is 0.335. The van der Waals surface area contributed by atoms with Crippen LogP contribution in [0, 0.1) is 0 Å². The molecule has 1 aromatic heterocycles. The van der Waals surface area contributed by atoms with E-state index in [1.165, 1.54) is 6.08 Å². The number of allylic oxidation sites excluding steroid dienone is 2. The Kier molecular flexibility index (Phi) is 3.67. The SMILES string of the molecule is OC1=CC=C(c2ccccc2)NC1(O)N=Nc1ccccn1. The van der Waals surface area contributed by atoms with Gasteiger partial charge >= 0.3 is 5.85 Å². The Hall–Kier alpha value is -2.99. The molecule has 0 bridgehead atoms. The second kappa shape index (κ2) is 5.79. The van der Waals surface area contributed by atoms with Crippen LogP contribution in [-0.2, 0) is 0 Å². The topological polar surface area (TPSA) is 90.1 Å². The third-order valence-electron chi connectivity index (χ3n) is 3.11. The molecule has 1 aliphatic heterocycles. The van der Waals surface area contributed by atoms with Crippen LogP contribution >= 0.6 is 0 Å². The fourth-order valence-electron chi connectivity index (χ4n) is 1.97. The zero-order chi connectivity index (χ0) is 15.4. The first-order chi connectivity index (χ1) is 10.7. The normalized spacial score (nSPS) is 21.1. The zero-order valence-corrected chi connectivity index (χ0v) is 11.6. The van der Waals surface area contributed by atoms with Gasteiger partial charge in [0.15, 0.2) is 11.6 Å². The van der Waals surface area contributed by atoms with Gasteiger partial charge in [-0.3, -0.25) is 0 Å². The van der Waals surface area contributed by atoms with E-state index in [-0.39, 0.29) is 5.76 Å². The molecule has 1 atom stereocenters. The monoisotopic (exact) mass is 294 g/mol. The van der Waals surface area contributed by atoms with Crippen LogP contribution in [0.3, 0.4) is 0 Å². The first kappa shape index (κ1) is 14.0. The van der Waals surface area contributed by atoms with E-state index in [2.05, 4.69) is 20.5 Å². The van der Waals surface area contributed by atoms with Gasteiger partial charge in [0.1, 0.15) is 0 Å². The highest BCUT2D eigenvalue weighted by atomic mass is 16.4. The first-order valence-corrected chi connectivity index (χ1v) is 6.69. The maximum absolute atomic E-state index is 10.5. The van der Waals surface area contributed by atoms with Gasteiger partial charge in [-0.2, -0.15) is 0 Å². The van der Waals surface area contributed by atoms with Crippen molar-refractivity contribution in [1.82, 2.24) is 10.3 Å². The summed E-state index contributed by atoms with van der Waals surface area (Å²) in [6.07, 6.45) is 4.61. The molecule has 0 radical (unpaired) electrons. The first-order valence-electron chi connectivity index (χ1n) is 6.69. The summed E-state index contributed by atoms with van der Waals surface area (Å²) in [6.45, 7) is 0. The summed E-state index contributed by atoms with van der Waals surface area (Å²) < 4.78 is 0. The highest BCUT2D eigenvalue weighted by Crippen LogP contribution is 2.26. The highest BCUT2D eigenvalue weighted by molar-refractivity contribution is 5.67. The van der Waals surface area contributed by atoms with E-state index in [9.17, 15) is 10.2 Å². The Morgan fingerprint density at radius 1 is 1.00 bits per heavy atom. The summed E-state index contributed by atoms with van der Waals surface area (Å²) >= 11 is 0. The summed E-state index contributed by atoms with van der Waals surface area (Å²) in [4.78, 5) is 3.98. The van der Waals surface area contributed by atoms with Crippen LogP contribution in [0.15, 0.2) is 82.9 Å². The lowest BCUT2D eigenvalue weighted by Gasteiger charge is -2.28. The standard InChI is InChI=1S/C16H14N4O2/c21-14-10-9-13(12-6-2-1-3-7-12)18-16(14,22)20-19-15-8-4-5-11-17-15/h1-11,18,21-22H. The number of aliphatic hydroxyl groups excluding tert-OH is 1. The van der Waals surface area contributed by atoms with Crippen LogP contribution in [0.4, 0.5) is 5.82 Å². The molecule has 0 saturated heterocycles. The molecule has 1 aromatic carbocycles. The molecule has 0 fully saturated rings. The van der Waals surface area contributed by atoms with E-state index >= 15 is 0 Å². The van der Waals surface area contributed by atoms with E-state index in [1.807, 2.05) is 30.3 Å². The molecule has 0 spiro atoms. The molecule has 0 saturated carbocycles. The number of hydrogen-bond donors (Lipinski definition) is 3. The van der Waals surface area contributed by atoms with Gasteiger partial charge in [-0.15, -0.1) is 10.2 Å². The van der Waals surface area contributed by atoms with Gasteiger partial charge in [-0.05, 0) is 29.8 Å². The number of aliphatic hydroxyl groups is 2. The summed E-state index contributed by atoms with van der Waals surface area (Å²) in [5, 5.41) is 30.8. The molecule has 2 aromatic rings. The van der Waals surface area contributed by atoms with E-state index in [0.29, 0.717) is 11.5 Å². The van der Waals surface area contributed by atoms with Gasteiger partial charge in [0.25, 0.3) is 0 Å². The molecule has 22 heavy (non-hydrogen) atoms. The van der Waals surface area contributed by atoms with Crippen molar-refractivity contribution in [2.45, 2.75) is 5.85 Å². The number of nitrogens with zero attached hydrogens (tertiary/aromatic N) is 3. The third-order valence-corrected chi connectivity index (χ3v) is 3.11. The largest absolute Gasteiger partial charge is 0.506 e. The fraction of sp³-hybridized carbons (Fsp3) is 0.0625. The Morgan fingerprint density at radius 3 is 2.50 bits per heavy atom. The summed E-state index contributed by atoms with van der Waals surface area (Å²) in [5.74, 6) is -2.02. The highest BCUT2D eigenvalue weighted by Gasteiger charge is 2.35. The minimum atomic E-state index is -2.02. The molecule has 3 rings (SSSR count). The number of benzene rings is 1. The predicted molar refractivity (Wildman–Crippen MR) is 82.0 cm³/mol. The zero-order valence-electron chi connectivity index (χ0n) is 11.6. The van der Waals surface area contributed by atoms with Crippen molar-refractivity contribution < 1.29 is 10.2 Å². The maximum atomic E-state index is 10.5. The Balaban J connectivity index is 1.87. The third kappa shape index (κ3) is 2.87. The van der Waals surface area contributed by atoms with Crippen molar-refractivity contribution in [2.24, 2.45) is 10.2 Å². The number of pyridine rings is 1. The van der Waals surface area contributed by atoms with Crippen LogP contribution in [0.2, 0.25) is 0 Å². The number of nitrogens with one attached hydrogen (secondary N) is 1. The van der Waals surface area contributed by atoms with Gasteiger partial charge in [0.05, 0.1) is 0 Å². The summed E-state index contributed by atoms with van der Waals surface area (Å²) in [5.41, 5.74) is 1.48. The number of azo groups is 1. The lowest BCUT2D eigenvalue weighted by atomic mass is 10.1. The van der Waals surface area contributed by atoms with Gasteiger partial charge in [-0.1, -0.05) is 36.4 Å². The molecule has 1 unspecified atom stereocenters. The quantitative estimate of drug-likeness (QED) is 0.759. The molecule has 110 valence electrons. The van der Waals surface area contributed by atoms with E-state index in [0.717, 1.165) is 5.56 Å². The molecule has 6 heteroatoms. The average molecular weight is 294 g/mol. The van der Waals surface area contributed by atoms with Crippen LogP contribution in [0.1, 0.15) is 5.56 Å². The van der Waals surface area contributed by atoms with Crippen molar-refractivity contribution >= 4 is 11.5 Å². The Morgan fingerprint density at radius 2 is 1.77 bits per heavy atom. The second-order valence-corrected chi connectivity index (χ2v) is 4.68. The van der Waals surface area contributed by atoms with Crippen molar-refractivity contribution in [2.75, 3.05) is 0 Å². The summed E-state index contributed by atoms with van der Waals surface area (Å²) in [7, 11) is 0. The van der Waals surface area contributed by atoms with E-state index < -0.39 is 5.85 Å². The maximum Gasteiger partial charge on any atom is 0.313 e. The molecule has 1 aliphatic rings. The van der Waals surface area contributed by atoms with Gasteiger partial charge in [0.2, 0.25) is 0 Å². The second-order valence-electron chi connectivity index (χ2n) is 4.68. The fourth-order valence-corrected chi connectivity index (χ4v) is 1.97. The number of hydrogen-bond acceptors (Lipinski definition) is 6. The average Bonchev–Trinajstić information content (AvgIpc) is 2.58. The van der Waals surface area contributed by atoms with Gasteiger partial charge in [0, 0.05) is 11.9 Å². The predicted octanol–water partition coefficient (Wildman–Crippen LogP) is 2.90. The molecule has 0 amide bonds. The van der Waals surface area contributed by atoms with Crippen LogP contribution in [0.25, 0.3) is 5.70 Å².